The van der Waals surface area contributed by atoms with Crippen molar-refractivity contribution in [1.82, 2.24) is 9.47 Å². The maximum absolute atomic E-state index is 14.2. The largest absolute Gasteiger partial charge is 0.385 e. The van der Waals surface area contributed by atoms with Gasteiger partial charge in [-0.05, 0) is 42.3 Å². The number of benzene rings is 2. The van der Waals surface area contributed by atoms with Gasteiger partial charge in [-0.2, -0.15) is 0 Å². The predicted molar refractivity (Wildman–Crippen MR) is 107 cm³/mol. The fourth-order valence-corrected chi connectivity index (χ4v) is 3.30. The van der Waals surface area contributed by atoms with Crippen LogP contribution < -0.4 is 0 Å². The first-order valence-electron chi connectivity index (χ1n) is 9.59. The van der Waals surface area contributed by atoms with Crippen LogP contribution in [-0.4, -0.2) is 29.7 Å². The molecule has 0 aliphatic carbocycles. The van der Waals surface area contributed by atoms with Gasteiger partial charge >= 0.3 is 0 Å². The Morgan fingerprint density at radius 2 is 1.69 bits per heavy atom. The maximum Gasteiger partial charge on any atom is 0.130 e. The van der Waals surface area contributed by atoms with Crippen LogP contribution in [-0.2, 0) is 24.4 Å². The summed E-state index contributed by atoms with van der Waals surface area (Å²) in [4.78, 5) is 2.12. The van der Waals surface area contributed by atoms with Gasteiger partial charge in [0.25, 0.3) is 0 Å². The molecular formula is C23H25F3N2O. The van der Waals surface area contributed by atoms with Gasteiger partial charge in [0.05, 0.1) is 0 Å². The third-order valence-electron chi connectivity index (χ3n) is 4.81. The molecule has 154 valence electrons. The van der Waals surface area contributed by atoms with E-state index in [0.717, 1.165) is 23.7 Å². The van der Waals surface area contributed by atoms with E-state index in [1.165, 1.54) is 24.3 Å². The van der Waals surface area contributed by atoms with Gasteiger partial charge in [-0.1, -0.05) is 18.2 Å². The standard InChI is InChI=1S/C23H25F3N2O/c1-29-13-3-11-27(16-19-7-10-21(25)14-23(19)26)17-22-4-2-12-28(22)15-18-5-8-20(24)9-6-18/h2,4-10,12,14H,3,11,13,15-17H2,1H3. The lowest BCUT2D eigenvalue weighted by Crippen LogP contribution is -2.26. The van der Waals surface area contributed by atoms with E-state index in [9.17, 15) is 13.2 Å². The van der Waals surface area contributed by atoms with E-state index < -0.39 is 11.6 Å². The smallest absolute Gasteiger partial charge is 0.130 e. The molecule has 0 amide bonds. The fourth-order valence-electron chi connectivity index (χ4n) is 3.30. The number of halogens is 3. The van der Waals surface area contributed by atoms with Gasteiger partial charge < -0.3 is 9.30 Å². The minimum atomic E-state index is -0.578. The van der Waals surface area contributed by atoms with Crippen molar-refractivity contribution in [2.45, 2.75) is 26.1 Å². The second kappa shape index (κ2) is 10.3. The Labute approximate surface area is 169 Å². The van der Waals surface area contributed by atoms with Crippen LogP contribution in [0.25, 0.3) is 0 Å². The molecule has 0 bridgehead atoms. The summed E-state index contributed by atoms with van der Waals surface area (Å²) in [6.45, 7) is 2.93. The molecule has 0 spiro atoms. The van der Waals surface area contributed by atoms with Crippen molar-refractivity contribution in [3.8, 4) is 0 Å². The van der Waals surface area contributed by atoms with Crippen LogP contribution in [0, 0.1) is 17.5 Å². The molecule has 0 fully saturated rings. The number of hydrogen-bond acceptors (Lipinski definition) is 2. The lowest BCUT2D eigenvalue weighted by atomic mass is 10.1. The molecule has 3 rings (SSSR count). The zero-order valence-electron chi connectivity index (χ0n) is 16.5. The molecule has 0 saturated carbocycles. The predicted octanol–water partition coefficient (Wildman–Crippen LogP) is 4.99. The molecule has 29 heavy (non-hydrogen) atoms. The van der Waals surface area contributed by atoms with Crippen LogP contribution in [0.3, 0.4) is 0 Å². The third kappa shape index (κ3) is 6.21. The molecule has 0 atom stereocenters. The molecule has 3 aromatic rings. The monoisotopic (exact) mass is 402 g/mol. The van der Waals surface area contributed by atoms with Crippen molar-refractivity contribution in [3.05, 3.63) is 95.1 Å². The van der Waals surface area contributed by atoms with Gasteiger partial charge in [0.15, 0.2) is 0 Å². The molecule has 0 unspecified atom stereocenters. The molecule has 2 aromatic carbocycles. The summed E-state index contributed by atoms with van der Waals surface area (Å²) in [6, 6.07) is 14.1. The molecule has 0 N–H and O–H groups in total. The number of methoxy groups -OCH3 is 1. The Bertz CT molecular complexity index is 909. The second-order valence-corrected chi connectivity index (χ2v) is 7.05. The molecule has 0 aliphatic heterocycles. The highest BCUT2D eigenvalue weighted by Crippen LogP contribution is 2.16. The minimum absolute atomic E-state index is 0.257. The molecular weight excluding hydrogens is 377 g/mol. The van der Waals surface area contributed by atoms with Crippen LogP contribution >= 0.6 is 0 Å². The van der Waals surface area contributed by atoms with Crippen molar-refractivity contribution in [3.63, 3.8) is 0 Å². The van der Waals surface area contributed by atoms with Crippen LogP contribution in [0.15, 0.2) is 60.8 Å². The Kier molecular flexibility index (Phi) is 7.49. The van der Waals surface area contributed by atoms with Gasteiger partial charge in [-0.15, -0.1) is 0 Å². The third-order valence-corrected chi connectivity index (χ3v) is 4.81. The van der Waals surface area contributed by atoms with E-state index in [-0.39, 0.29) is 5.82 Å². The van der Waals surface area contributed by atoms with Crippen molar-refractivity contribution < 1.29 is 17.9 Å². The summed E-state index contributed by atoms with van der Waals surface area (Å²) in [5.41, 5.74) is 2.52. The number of aromatic nitrogens is 1. The van der Waals surface area contributed by atoms with Crippen LogP contribution in [0.5, 0.6) is 0 Å². The van der Waals surface area contributed by atoms with Crippen molar-refractivity contribution in [1.29, 1.82) is 0 Å². The normalized spacial score (nSPS) is 11.3. The number of ether oxygens (including phenoxy) is 1. The van der Waals surface area contributed by atoms with E-state index in [4.69, 9.17) is 4.74 Å². The summed E-state index contributed by atoms with van der Waals surface area (Å²) < 4.78 is 47.8. The Hall–Kier alpha value is -2.57. The first-order chi connectivity index (χ1) is 14.0. The van der Waals surface area contributed by atoms with E-state index >= 15 is 0 Å². The zero-order valence-corrected chi connectivity index (χ0v) is 16.5. The van der Waals surface area contributed by atoms with E-state index in [1.807, 2.05) is 18.3 Å². The van der Waals surface area contributed by atoms with Gasteiger partial charge in [0.2, 0.25) is 0 Å². The van der Waals surface area contributed by atoms with Crippen LogP contribution in [0.4, 0.5) is 13.2 Å². The quantitative estimate of drug-likeness (QED) is 0.445. The maximum atomic E-state index is 14.2. The summed E-state index contributed by atoms with van der Waals surface area (Å²) in [7, 11) is 1.65. The zero-order chi connectivity index (χ0) is 20.6. The lowest BCUT2D eigenvalue weighted by Gasteiger charge is -2.23. The second-order valence-electron chi connectivity index (χ2n) is 7.05. The van der Waals surface area contributed by atoms with Gasteiger partial charge in [0.1, 0.15) is 17.5 Å². The average molecular weight is 402 g/mol. The molecule has 3 nitrogen and oxygen atoms in total. The van der Waals surface area contributed by atoms with E-state index in [2.05, 4.69) is 9.47 Å². The molecule has 0 radical (unpaired) electrons. The molecule has 1 aromatic heterocycles. The number of nitrogens with zero attached hydrogens (tertiary/aromatic N) is 2. The topological polar surface area (TPSA) is 17.4 Å². The molecule has 0 aliphatic rings. The fraction of sp³-hybridized carbons (Fsp3) is 0.304. The minimum Gasteiger partial charge on any atom is -0.385 e. The summed E-state index contributed by atoms with van der Waals surface area (Å²) in [5, 5.41) is 0. The Morgan fingerprint density at radius 1 is 0.931 bits per heavy atom. The van der Waals surface area contributed by atoms with Gasteiger partial charge in [-0.25, -0.2) is 13.2 Å². The highest BCUT2D eigenvalue weighted by Gasteiger charge is 2.13. The lowest BCUT2D eigenvalue weighted by molar-refractivity contribution is 0.164. The van der Waals surface area contributed by atoms with E-state index in [0.29, 0.717) is 38.3 Å². The first kappa shape index (κ1) is 21.1. The Morgan fingerprint density at radius 3 is 2.41 bits per heavy atom. The SMILES string of the molecule is COCCCN(Cc1ccc(F)cc1F)Cc1cccn1Cc1ccc(F)cc1. The first-order valence-corrected chi connectivity index (χ1v) is 9.59. The summed E-state index contributed by atoms with van der Waals surface area (Å²) in [5.74, 6) is -1.37. The molecule has 6 heteroatoms. The molecule has 1 heterocycles. The average Bonchev–Trinajstić information content (AvgIpc) is 3.12. The number of hydrogen-bond donors (Lipinski definition) is 0. The highest BCUT2D eigenvalue weighted by molar-refractivity contribution is 5.20. The van der Waals surface area contributed by atoms with Crippen LogP contribution in [0.2, 0.25) is 0 Å². The van der Waals surface area contributed by atoms with Crippen molar-refractivity contribution in [2.75, 3.05) is 20.3 Å². The van der Waals surface area contributed by atoms with Gasteiger partial charge in [0, 0.05) is 63.4 Å². The van der Waals surface area contributed by atoms with E-state index in [1.54, 1.807) is 19.2 Å². The van der Waals surface area contributed by atoms with Crippen LogP contribution in [0.1, 0.15) is 23.2 Å². The summed E-state index contributed by atoms with van der Waals surface area (Å²) >= 11 is 0. The summed E-state index contributed by atoms with van der Waals surface area (Å²) in [6.07, 6.45) is 2.78. The Balaban J connectivity index is 1.73. The number of rotatable bonds is 10. The van der Waals surface area contributed by atoms with Crippen molar-refractivity contribution in [2.24, 2.45) is 0 Å². The highest BCUT2D eigenvalue weighted by atomic mass is 19.1. The van der Waals surface area contributed by atoms with Gasteiger partial charge in [-0.3, -0.25) is 4.90 Å². The molecule has 0 saturated heterocycles. The van der Waals surface area contributed by atoms with Crippen molar-refractivity contribution >= 4 is 0 Å².